The Hall–Kier alpha value is -1.36. The molecule has 1 rings (SSSR count). The number of likely N-dealkylation sites (N-methyl/N-ethyl adjacent to an activating group) is 1. The molecule has 0 aliphatic carbocycles. The van der Waals surface area contributed by atoms with Crippen LogP contribution in [0.2, 0.25) is 0 Å². The lowest BCUT2D eigenvalue weighted by atomic mass is 10.0. The summed E-state index contributed by atoms with van der Waals surface area (Å²) in [7, 11) is 1.81. The third-order valence-corrected chi connectivity index (χ3v) is 3.20. The Morgan fingerprint density at radius 3 is 2.72 bits per heavy atom. The van der Waals surface area contributed by atoms with Crippen molar-refractivity contribution < 1.29 is 4.79 Å². The number of hydrogen-bond donors (Lipinski definition) is 1. The van der Waals surface area contributed by atoms with E-state index in [1.54, 1.807) is 11.1 Å². The second kappa shape index (κ2) is 6.54. The van der Waals surface area contributed by atoms with E-state index in [0.29, 0.717) is 0 Å². The molecule has 0 unspecified atom stereocenters. The summed E-state index contributed by atoms with van der Waals surface area (Å²) in [5.41, 5.74) is 5.84. The molecule has 5 heteroatoms. The number of amides is 1. The van der Waals surface area contributed by atoms with Gasteiger partial charge in [0, 0.05) is 32.5 Å². The molecule has 0 aromatic carbocycles. The van der Waals surface area contributed by atoms with E-state index in [1.807, 2.05) is 34.0 Å². The summed E-state index contributed by atoms with van der Waals surface area (Å²) >= 11 is 0. The summed E-state index contributed by atoms with van der Waals surface area (Å²) in [5, 5.41) is 0. The molecule has 0 saturated heterocycles. The minimum Gasteiger partial charge on any atom is -0.344 e. The maximum Gasteiger partial charge on any atom is 0.239 e. The SMILES string of the molecule is Cc1nccn1CCCN(C)C(=O)[C@@H](N)C(C)C. The van der Waals surface area contributed by atoms with Gasteiger partial charge >= 0.3 is 0 Å². The zero-order valence-electron chi connectivity index (χ0n) is 11.8. The van der Waals surface area contributed by atoms with E-state index in [-0.39, 0.29) is 11.8 Å². The van der Waals surface area contributed by atoms with Crippen molar-refractivity contribution in [1.29, 1.82) is 0 Å². The van der Waals surface area contributed by atoms with E-state index in [2.05, 4.69) is 9.55 Å². The van der Waals surface area contributed by atoms with Crippen LogP contribution in [0.4, 0.5) is 0 Å². The van der Waals surface area contributed by atoms with Gasteiger partial charge in [0.15, 0.2) is 0 Å². The first kappa shape index (κ1) is 14.7. The molecule has 0 fully saturated rings. The van der Waals surface area contributed by atoms with Crippen molar-refractivity contribution >= 4 is 5.91 Å². The van der Waals surface area contributed by atoms with Crippen LogP contribution in [0.3, 0.4) is 0 Å². The lowest BCUT2D eigenvalue weighted by Crippen LogP contribution is -2.45. The van der Waals surface area contributed by atoms with Crippen LogP contribution < -0.4 is 5.73 Å². The quantitative estimate of drug-likeness (QED) is 0.822. The Labute approximate surface area is 109 Å². The Bertz CT molecular complexity index is 386. The molecule has 1 amide bonds. The summed E-state index contributed by atoms with van der Waals surface area (Å²) in [4.78, 5) is 17.8. The molecule has 5 nitrogen and oxygen atoms in total. The summed E-state index contributed by atoms with van der Waals surface area (Å²) < 4.78 is 2.08. The highest BCUT2D eigenvalue weighted by Gasteiger charge is 2.20. The molecule has 0 aliphatic heterocycles. The van der Waals surface area contributed by atoms with Crippen molar-refractivity contribution in [2.24, 2.45) is 11.7 Å². The molecular weight excluding hydrogens is 228 g/mol. The highest BCUT2D eigenvalue weighted by Crippen LogP contribution is 2.04. The topological polar surface area (TPSA) is 64.2 Å². The molecule has 102 valence electrons. The number of aromatic nitrogens is 2. The van der Waals surface area contributed by atoms with Crippen LogP contribution >= 0.6 is 0 Å². The second-order valence-corrected chi connectivity index (χ2v) is 5.05. The van der Waals surface area contributed by atoms with E-state index < -0.39 is 6.04 Å². The van der Waals surface area contributed by atoms with Crippen molar-refractivity contribution in [3.8, 4) is 0 Å². The molecule has 2 N–H and O–H groups in total. The standard InChI is InChI=1S/C13H24N4O/c1-10(2)12(14)13(18)16(4)7-5-8-17-9-6-15-11(17)3/h6,9-10,12H,5,7-8,14H2,1-4H3/t12-/m0/s1. The lowest BCUT2D eigenvalue weighted by Gasteiger charge is -2.23. The smallest absolute Gasteiger partial charge is 0.239 e. The lowest BCUT2D eigenvalue weighted by molar-refractivity contribution is -0.132. The molecule has 1 atom stereocenters. The van der Waals surface area contributed by atoms with Gasteiger partial charge in [-0.15, -0.1) is 0 Å². The molecular formula is C13H24N4O. The van der Waals surface area contributed by atoms with Gasteiger partial charge in [-0.1, -0.05) is 13.8 Å². The maximum atomic E-state index is 11.9. The van der Waals surface area contributed by atoms with Gasteiger partial charge in [0.05, 0.1) is 6.04 Å². The Morgan fingerprint density at radius 1 is 1.56 bits per heavy atom. The number of hydrogen-bond acceptors (Lipinski definition) is 3. The van der Waals surface area contributed by atoms with Crippen molar-refractivity contribution in [3.05, 3.63) is 18.2 Å². The van der Waals surface area contributed by atoms with Crippen LogP contribution in [0.25, 0.3) is 0 Å². The van der Waals surface area contributed by atoms with E-state index in [4.69, 9.17) is 5.73 Å². The minimum atomic E-state index is -0.398. The molecule has 0 aliphatic rings. The van der Waals surface area contributed by atoms with Gasteiger partial charge in [-0.05, 0) is 19.3 Å². The Morgan fingerprint density at radius 2 is 2.22 bits per heavy atom. The number of carbonyl (C=O) groups is 1. The predicted octanol–water partition coefficient (Wildman–Crippen LogP) is 1.02. The molecule has 18 heavy (non-hydrogen) atoms. The fraction of sp³-hybridized carbons (Fsp3) is 0.692. The average Bonchev–Trinajstić information content (AvgIpc) is 2.73. The van der Waals surface area contributed by atoms with Crippen LogP contribution in [0.1, 0.15) is 26.1 Å². The summed E-state index contributed by atoms with van der Waals surface area (Å²) in [5.74, 6) is 1.20. The third kappa shape index (κ3) is 3.84. The minimum absolute atomic E-state index is 0.0207. The molecule has 1 aromatic heterocycles. The zero-order valence-corrected chi connectivity index (χ0v) is 11.8. The van der Waals surface area contributed by atoms with Crippen LogP contribution in [0, 0.1) is 12.8 Å². The number of nitrogens with zero attached hydrogens (tertiary/aromatic N) is 3. The Balaban J connectivity index is 2.35. The number of nitrogens with two attached hydrogens (primary N) is 1. The predicted molar refractivity (Wildman–Crippen MR) is 72.0 cm³/mol. The second-order valence-electron chi connectivity index (χ2n) is 5.05. The fourth-order valence-corrected chi connectivity index (χ4v) is 1.77. The molecule has 0 spiro atoms. The van der Waals surface area contributed by atoms with Crippen LogP contribution in [0.15, 0.2) is 12.4 Å². The van der Waals surface area contributed by atoms with Crippen LogP contribution in [-0.2, 0) is 11.3 Å². The van der Waals surface area contributed by atoms with Crippen LogP contribution in [0.5, 0.6) is 0 Å². The van der Waals surface area contributed by atoms with E-state index in [0.717, 1.165) is 25.3 Å². The summed E-state index contributed by atoms with van der Waals surface area (Å²) in [6, 6.07) is -0.398. The fourth-order valence-electron chi connectivity index (χ4n) is 1.77. The van der Waals surface area contributed by atoms with Gasteiger partial charge in [0.1, 0.15) is 5.82 Å². The average molecular weight is 252 g/mol. The third-order valence-electron chi connectivity index (χ3n) is 3.20. The first-order chi connectivity index (χ1) is 8.43. The van der Waals surface area contributed by atoms with E-state index in [9.17, 15) is 4.79 Å². The Kier molecular flexibility index (Phi) is 5.34. The van der Waals surface area contributed by atoms with E-state index >= 15 is 0 Å². The van der Waals surface area contributed by atoms with E-state index in [1.165, 1.54) is 0 Å². The van der Waals surface area contributed by atoms with Crippen molar-refractivity contribution in [2.45, 2.75) is 39.8 Å². The first-order valence-corrected chi connectivity index (χ1v) is 6.41. The maximum absolute atomic E-state index is 11.9. The van der Waals surface area contributed by atoms with Gasteiger partial charge < -0.3 is 15.2 Å². The molecule has 1 heterocycles. The number of rotatable bonds is 6. The molecule has 0 radical (unpaired) electrons. The normalized spacial score (nSPS) is 12.8. The number of aryl methyl sites for hydroxylation is 2. The highest BCUT2D eigenvalue weighted by atomic mass is 16.2. The number of carbonyl (C=O) groups excluding carboxylic acids is 1. The zero-order chi connectivity index (χ0) is 13.7. The molecule has 1 aromatic rings. The largest absolute Gasteiger partial charge is 0.344 e. The van der Waals surface area contributed by atoms with Gasteiger partial charge in [0.2, 0.25) is 5.91 Å². The monoisotopic (exact) mass is 252 g/mol. The van der Waals surface area contributed by atoms with Gasteiger partial charge in [-0.2, -0.15) is 0 Å². The van der Waals surface area contributed by atoms with Crippen molar-refractivity contribution in [1.82, 2.24) is 14.5 Å². The van der Waals surface area contributed by atoms with Gasteiger partial charge in [0.25, 0.3) is 0 Å². The molecule has 0 bridgehead atoms. The van der Waals surface area contributed by atoms with Crippen molar-refractivity contribution in [3.63, 3.8) is 0 Å². The van der Waals surface area contributed by atoms with Gasteiger partial charge in [-0.3, -0.25) is 4.79 Å². The van der Waals surface area contributed by atoms with Gasteiger partial charge in [-0.25, -0.2) is 4.98 Å². The summed E-state index contributed by atoms with van der Waals surface area (Å²) in [6.07, 6.45) is 4.65. The van der Waals surface area contributed by atoms with Crippen molar-refractivity contribution in [2.75, 3.05) is 13.6 Å². The number of imidazole rings is 1. The van der Waals surface area contributed by atoms with Crippen LogP contribution in [-0.4, -0.2) is 40.0 Å². The summed E-state index contributed by atoms with van der Waals surface area (Å²) in [6.45, 7) is 7.50. The highest BCUT2D eigenvalue weighted by molar-refractivity contribution is 5.81. The molecule has 0 saturated carbocycles. The first-order valence-electron chi connectivity index (χ1n) is 6.41.